The van der Waals surface area contributed by atoms with Crippen LogP contribution >= 0.6 is 11.6 Å². The van der Waals surface area contributed by atoms with Crippen molar-refractivity contribution in [3.8, 4) is 11.5 Å². The van der Waals surface area contributed by atoms with Gasteiger partial charge in [0, 0.05) is 18.2 Å². The van der Waals surface area contributed by atoms with E-state index in [0.29, 0.717) is 12.3 Å². The summed E-state index contributed by atoms with van der Waals surface area (Å²) < 4.78 is 10.3. The van der Waals surface area contributed by atoms with Gasteiger partial charge in [0.1, 0.15) is 17.7 Å². The van der Waals surface area contributed by atoms with Crippen molar-refractivity contribution >= 4 is 11.6 Å². The molecule has 1 unspecified atom stereocenters. The van der Waals surface area contributed by atoms with E-state index in [0.717, 1.165) is 11.3 Å². The molecule has 4 nitrogen and oxygen atoms in total. The average Bonchev–Trinajstić information content (AvgIpc) is 2.35. The Bertz CT molecular complexity index is 333. The van der Waals surface area contributed by atoms with Crippen molar-refractivity contribution in [3.05, 3.63) is 23.8 Å². The lowest BCUT2D eigenvalue weighted by Gasteiger charge is -2.13. The second-order valence-corrected chi connectivity index (χ2v) is 3.54. The van der Waals surface area contributed by atoms with Gasteiger partial charge >= 0.3 is 0 Å². The van der Waals surface area contributed by atoms with E-state index >= 15 is 0 Å². The van der Waals surface area contributed by atoms with Crippen molar-refractivity contribution in [3.63, 3.8) is 0 Å². The van der Waals surface area contributed by atoms with Crippen molar-refractivity contribution in [2.24, 2.45) is 0 Å². The second kappa shape index (κ2) is 6.58. The van der Waals surface area contributed by atoms with Crippen LogP contribution in [0.4, 0.5) is 0 Å². The first-order valence-corrected chi connectivity index (χ1v) is 5.43. The fraction of sp³-hybridized carbons (Fsp3) is 0.455. The molecule has 0 amide bonds. The lowest BCUT2D eigenvalue weighted by Crippen LogP contribution is -2.29. The highest BCUT2D eigenvalue weighted by Crippen LogP contribution is 2.24. The molecule has 0 aliphatic heterocycles. The summed E-state index contributed by atoms with van der Waals surface area (Å²) >= 11 is 5.48. The minimum absolute atomic E-state index is 0.151. The molecular formula is C11H16ClNO3. The molecule has 5 heteroatoms. The highest BCUT2D eigenvalue weighted by Gasteiger charge is 2.06. The third-order valence-electron chi connectivity index (χ3n) is 2.17. The normalized spacial score (nSPS) is 12.2. The molecule has 2 N–H and O–H groups in total. The standard InChI is InChI=1S/C11H16ClNO3/c1-15-9-4-3-8(10(5-9)16-2)7-13-11(14)6-12/h3-5,11,13-14H,6-7H2,1-2H3. The van der Waals surface area contributed by atoms with Crippen LogP contribution in [0.25, 0.3) is 0 Å². The average molecular weight is 246 g/mol. The Labute approximate surface area is 100 Å². The number of methoxy groups -OCH3 is 2. The summed E-state index contributed by atoms with van der Waals surface area (Å²) in [5.74, 6) is 1.60. The van der Waals surface area contributed by atoms with Gasteiger partial charge in [0.2, 0.25) is 0 Å². The number of benzene rings is 1. The smallest absolute Gasteiger partial charge is 0.127 e. The summed E-state index contributed by atoms with van der Waals surface area (Å²) in [6.45, 7) is 0.487. The topological polar surface area (TPSA) is 50.7 Å². The van der Waals surface area contributed by atoms with Crippen LogP contribution in [-0.4, -0.2) is 31.4 Å². The molecule has 16 heavy (non-hydrogen) atoms. The Balaban J connectivity index is 2.71. The largest absolute Gasteiger partial charge is 0.497 e. The molecule has 0 fully saturated rings. The van der Waals surface area contributed by atoms with Crippen molar-refractivity contribution in [2.75, 3.05) is 20.1 Å². The first-order valence-electron chi connectivity index (χ1n) is 4.89. The van der Waals surface area contributed by atoms with Gasteiger partial charge < -0.3 is 14.6 Å². The van der Waals surface area contributed by atoms with Crippen LogP contribution < -0.4 is 14.8 Å². The molecule has 0 saturated heterocycles. The van der Waals surface area contributed by atoms with Crippen molar-refractivity contribution in [2.45, 2.75) is 12.8 Å². The summed E-state index contributed by atoms with van der Waals surface area (Å²) in [7, 11) is 3.19. The molecular weight excluding hydrogens is 230 g/mol. The van der Waals surface area contributed by atoms with E-state index in [4.69, 9.17) is 21.1 Å². The Kier molecular flexibility index (Phi) is 5.38. The summed E-state index contributed by atoms with van der Waals surface area (Å²) in [6, 6.07) is 5.52. The number of aliphatic hydroxyl groups is 1. The molecule has 1 atom stereocenters. The Morgan fingerprint density at radius 2 is 2.12 bits per heavy atom. The Morgan fingerprint density at radius 1 is 1.38 bits per heavy atom. The molecule has 0 spiro atoms. The van der Waals surface area contributed by atoms with Crippen molar-refractivity contribution in [1.29, 1.82) is 0 Å². The van der Waals surface area contributed by atoms with Gasteiger partial charge in [-0.1, -0.05) is 6.07 Å². The third-order valence-corrected chi connectivity index (χ3v) is 2.46. The molecule has 0 bridgehead atoms. The van der Waals surface area contributed by atoms with E-state index in [1.807, 2.05) is 12.1 Å². The Morgan fingerprint density at radius 3 is 2.69 bits per heavy atom. The SMILES string of the molecule is COc1ccc(CNC(O)CCl)c(OC)c1. The van der Waals surface area contributed by atoms with Crippen LogP contribution in [0.5, 0.6) is 11.5 Å². The van der Waals surface area contributed by atoms with Gasteiger partial charge in [-0.3, -0.25) is 5.32 Å². The van der Waals surface area contributed by atoms with E-state index in [1.54, 1.807) is 20.3 Å². The monoisotopic (exact) mass is 245 g/mol. The third kappa shape index (κ3) is 3.56. The highest BCUT2D eigenvalue weighted by molar-refractivity contribution is 6.18. The van der Waals surface area contributed by atoms with Gasteiger partial charge in [-0.2, -0.15) is 0 Å². The lowest BCUT2D eigenvalue weighted by molar-refractivity contribution is 0.157. The predicted octanol–water partition coefficient (Wildman–Crippen LogP) is 1.35. The van der Waals surface area contributed by atoms with Gasteiger partial charge in [-0.05, 0) is 6.07 Å². The van der Waals surface area contributed by atoms with E-state index in [1.165, 1.54) is 0 Å². The zero-order chi connectivity index (χ0) is 12.0. The Hall–Kier alpha value is -0.970. The van der Waals surface area contributed by atoms with E-state index in [9.17, 15) is 5.11 Å². The number of aliphatic hydroxyl groups excluding tert-OH is 1. The van der Waals surface area contributed by atoms with Gasteiger partial charge in [0.15, 0.2) is 0 Å². The second-order valence-electron chi connectivity index (χ2n) is 3.23. The fourth-order valence-corrected chi connectivity index (χ4v) is 1.39. The number of nitrogens with one attached hydrogen (secondary N) is 1. The maximum absolute atomic E-state index is 9.28. The minimum atomic E-state index is -0.714. The minimum Gasteiger partial charge on any atom is -0.497 e. The molecule has 1 aromatic carbocycles. The van der Waals surface area contributed by atoms with Crippen molar-refractivity contribution in [1.82, 2.24) is 5.32 Å². The lowest BCUT2D eigenvalue weighted by atomic mass is 10.2. The van der Waals surface area contributed by atoms with E-state index in [2.05, 4.69) is 5.32 Å². The maximum Gasteiger partial charge on any atom is 0.127 e. The predicted molar refractivity (Wildman–Crippen MR) is 63.1 cm³/mol. The summed E-state index contributed by atoms with van der Waals surface area (Å²) in [4.78, 5) is 0. The van der Waals surface area contributed by atoms with Crippen molar-refractivity contribution < 1.29 is 14.6 Å². The van der Waals surface area contributed by atoms with Crippen LogP contribution in [0.3, 0.4) is 0 Å². The maximum atomic E-state index is 9.28. The first kappa shape index (κ1) is 13.1. The number of alkyl halides is 1. The number of hydrogen-bond donors (Lipinski definition) is 2. The summed E-state index contributed by atoms with van der Waals surface area (Å²) in [5.41, 5.74) is 0.937. The molecule has 0 aliphatic carbocycles. The molecule has 90 valence electrons. The van der Waals surface area contributed by atoms with Crippen LogP contribution in [0, 0.1) is 0 Å². The summed E-state index contributed by atoms with van der Waals surface area (Å²) in [5, 5.41) is 12.1. The molecule has 0 heterocycles. The zero-order valence-electron chi connectivity index (χ0n) is 9.37. The van der Waals surface area contributed by atoms with Gasteiger partial charge in [0.25, 0.3) is 0 Å². The molecule has 0 saturated carbocycles. The van der Waals surface area contributed by atoms with Gasteiger partial charge in [-0.25, -0.2) is 0 Å². The number of rotatable bonds is 6. The van der Waals surface area contributed by atoms with E-state index < -0.39 is 6.23 Å². The number of hydrogen-bond acceptors (Lipinski definition) is 4. The van der Waals surface area contributed by atoms with Crippen LogP contribution in [0.2, 0.25) is 0 Å². The molecule has 0 aliphatic rings. The molecule has 1 rings (SSSR count). The molecule has 0 aromatic heterocycles. The molecule has 1 aromatic rings. The fourth-order valence-electron chi connectivity index (χ4n) is 1.28. The number of halogens is 1. The van der Waals surface area contributed by atoms with Crippen LogP contribution in [-0.2, 0) is 6.54 Å². The van der Waals surface area contributed by atoms with Gasteiger partial charge in [0.05, 0.1) is 20.1 Å². The van der Waals surface area contributed by atoms with Crippen LogP contribution in [0.15, 0.2) is 18.2 Å². The zero-order valence-corrected chi connectivity index (χ0v) is 10.1. The first-order chi connectivity index (χ1) is 7.71. The molecule has 0 radical (unpaired) electrons. The number of ether oxygens (including phenoxy) is 2. The quantitative estimate of drug-likeness (QED) is 0.587. The highest BCUT2D eigenvalue weighted by atomic mass is 35.5. The van der Waals surface area contributed by atoms with Gasteiger partial charge in [-0.15, -0.1) is 11.6 Å². The summed E-state index contributed by atoms with van der Waals surface area (Å²) in [6.07, 6.45) is -0.714. The van der Waals surface area contributed by atoms with Crippen LogP contribution in [0.1, 0.15) is 5.56 Å². The van der Waals surface area contributed by atoms with E-state index in [-0.39, 0.29) is 5.88 Å².